The Kier molecular flexibility index (Phi) is 6.79. The summed E-state index contributed by atoms with van der Waals surface area (Å²) in [5.41, 5.74) is 1.39. The Bertz CT molecular complexity index is 1040. The predicted molar refractivity (Wildman–Crippen MR) is 135 cm³/mol. The average Bonchev–Trinajstić information content (AvgIpc) is 2.84. The van der Waals surface area contributed by atoms with Crippen molar-refractivity contribution < 1.29 is 15.0 Å². The SMILES string of the molecule is O=C(c1cccc(N2CCC(O)CC2)c1Cl)N1CCN2C[C@@](O)(c3ccc(Cl)cc3)CC[C@@H]2C1. The number of halogens is 2. The molecule has 5 rings (SSSR count). The van der Waals surface area contributed by atoms with Gasteiger partial charge in [0.05, 0.1) is 22.4 Å². The van der Waals surface area contributed by atoms with Crippen LogP contribution in [0.15, 0.2) is 42.5 Å². The van der Waals surface area contributed by atoms with Crippen molar-refractivity contribution in [1.82, 2.24) is 9.80 Å². The van der Waals surface area contributed by atoms with Crippen LogP contribution in [0.4, 0.5) is 5.69 Å². The van der Waals surface area contributed by atoms with Crippen molar-refractivity contribution in [2.75, 3.05) is 44.2 Å². The molecule has 2 atom stereocenters. The summed E-state index contributed by atoms with van der Waals surface area (Å²) < 4.78 is 0. The van der Waals surface area contributed by atoms with E-state index in [0.717, 1.165) is 30.8 Å². The van der Waals surface area contributed by atoms with Crippen LogP contribution in [-0.4, -0.2) is 77.3 Å². The number of hydrogen-bond donors (Lipinski definition) is 2. The van der Waals surface area contributed by atoms with Gasteiger partial charge in [-0.1, -0.05) is 41.4 Å². The maximum absolute atomic E-state index is 13.5. The van der Waals surface area contributed by atoms with Crippen molar-refractivity contribution in [3.63, 3.8) is 0 Å². The van der Waals surface area contributed by atoms with Crippen molar-refractivity contribution in [2.24, 2.45) is 0 Å². The Hall–Kier alpha value is -1.83. The first kappa shape index (κ1) is 23.9. The van der Waals surface area contributed by atoms with Crippen LogP contribution in [0.3, 0.4) is 0 Å². The highest BCUT2D eigenvalue weighted by Crippen LogP contribution is 2.37. The van der Waals surface area contributed by atoms with Gasteiger partial charge in [-0.15, -0.1) is 0 Å². The number of aliphatic hydroxyl groups excluding tert-OH is 1. The average molecular weight is 504 g/mol. The summed E-state index contributed by atoms with van der Waals surface area (Å²) in [6.07, 6.45) is 2.62. The molecule has 1 amide bonds. The lowest BCUT2D eigenvalue weighted by Gasteiger charge is -2.49. The molecule has 182 valence electrons. The van der Waals surface area contributed by atoms with E-state index < -0.39 is 5.60 Å². The van der Waals surface area contributed by atoms with E-state index in [1.54, 1.807) is 6.07 Å². The molecule has 3 heterocycles. The van der Waals surface area contributed by atoms with E-state index in [2.05, 4.69) is 9.80 Å². The van der Waals surface area contributed by atoms with E-state index in [1.807, 2.05) is 41.3 Å². The maximum Gasteiger partial charge on any atom is 0.255 e. The minimum Gasteiger partial charge on any atom is -0.393 e. The molecule has 0 radical (unpaired) electrons. The second-order valence-corrected chi connectivity index (χ2v) is 10.6. The number of hydrogen-bond acceptors (Lipinski definition) is 5. The molecule has 0 aromatic heterocycles. The van der Waals surface area contributed by atoms with Gasteiger partial charge in [-0.05, 0) is 55.5 Å². The molecule has 3 aliphatic rings. The highest BCUT2D eigenvalue weighted by atomic mass is 35.5. The van der Waals surface area contributed by atoms with Crippen LogP contribution in [0, 0.1) is 0 Å². The molecule has 0 saturated carbocycles. The lowest BCUT2D eigenvalue weighted by molar-refractivity contribution is -0.0740. The number of carbonyl (C=O) groups excluding carboxylic acids is 1. The largest absolute Gasteiger partial charge is 0.393 e. The number of aliphatic hydroxyl groups is 2. The third-order valence-corrected chi connectivity index (χ3v) is 8.29. The van der Waals surface area contributed by atoms with E-state index >= 15 is 0 Å². The number of piperazine rings is 1. The monoisotopic (exact) mass is 503 g/mol. The molecule has 8 heteroatoms. The Morgan fingerprint density at radius 1 is 0.971 bits per heavy atom. The van der Waals surface area contributed by atoms with Crippen LogP contribution in [0.25, 0.3) is 0 Å². The Balaban J connectivity index is 1.27. The summed E-state index contributed by atoms with van der Waals surface area (Å²) in [7, 11) is 0. The standard InChI is InChI=1S/C26H31Cl2N3O3/c27-19-6-4-18(5-7-19)26(34)11-8-20-16-30(14-15-31(20)17-26)25(33)22-2-1-3-23(24(22)28)29-12-9-21(32)10-13-29/h1-7,20-21,32,34H,8-17H2/t20-,26-/m1/s1. The minimum absolute atomic E-state index is 0.0397. The molecule has 2 aromatic carbocycles. The first-order valence-corrected chi connectivity index (χ1v) is 12.8. The fourth-order valence-electron chi connectivity index (χ4n) is 5.58. The van der Waals surface area contributed by atoms with E-state index in [-0.39, 0.29) is 18.1 Å². The molecule has 3 saturated heterocycles. The summed E-state index contributed by atoms with van der Waals surface area (Å²) >= 11 is 12.8. The topological polar surface area (TPSA) is 67.3 Å². The van der Waals surface area contributed by atoms with E-state index in [1.165, 1.54) is 0 Å². The molecule has 0 bridgehead atoms. The number of piperidine rings is 2. The molecule has 2 aromatic rings. The van der Waals surface area contributed by atoms with E-state index in [9.17, 15) is 15.0 Å². The number of carbonyl (C=O) groups is 1. The van der Waals surface area contributed by atoms with Crippen LogP contribution in [0.5, 0.6) is 0 Å². The molecule has 0 aliphatic carbocycles. The zero-order valence-electron chi connectivity index (χ0n) is 19.2. The highest BCUT2D eigenvalue weighted by molar-refractivity contribution is 6.36. The summed E-state index contributed by atoms with van der Waals surface area (Å²) in [5, 5.41) is 22.3. The van der Waals surface area contributed by atoms with Gasteiger partial charge in [-0.2, -0.15) is 0 Å². The number of rotatable bonds is 3. The fraction of sp³-hybridized carbons (Fsp3) is 0.500. The molecule has 3 fully saturated rings. The molecule has 2 N–H and O–H groups in total. The zero-order valence-corrected chi connectivity index (χ0v) is 20.7. The maximum atomic E-state index is 13.5. The van der Waals surface area contributed by atoms with Crippen molar-refractivity contribution in [3.05, 3.63) is 63.6 Å². The predicted octanol–water partition coefficient (Wildman–Crippen LogP) is 3.76. The van der Waals surface area contributed by atoms with E-state index in [4.69, 9.17) is 23.2 Å². The van der Waals surface area contributed by atoms with Gasteiger partial charge in [0.2, 0.25) is 0 Å². The van der Waals surface area contributed by atoms with Crippen LogP contribution < -0.4 is 4.90 Å². The number of anilines is 1. The zero-order chi connectivity index (χ0) is 23.9. The van der Waals surface area contributed by atoms with Gasteiger partial charge in [-0.3, -0.25) is 9.69 Å². The molecule has 6 nitrogen and oxygen atoms in total. The van der Waals surface area contributed by atoms with Gasteiger partial charge in [0.1, 0.15) is 5.60 Å². The molecular weight excluding hydrogens is 473 g/mol. The fourth-order valence-corrected chi connectivity index (χ4v) is 6.03. The number of benzene rings is 2. The van der Waals surface area contributed by atoms with Gasteiger partial charge in [0.25, 0.3) is 5.91 Å². The lowest BCUT2D eigenvalue weighted by atomic mass is 9.82. The van der Waals surface area contributed by atoms with Crippen molar-refractivity contribution >= 4 is 34.8 Å². The van der Waals surface area contributed by atoms with E-state index in [0.29, 0.717) is 61.1 Å². The third-order valence-electron chi connectivity index (χ3n) is 7.64. The number of amides is 1. The molecule has 34 heavy (non-hydrogen) atoms. The Morgan fingerprint density at radius 3 is 2.44 bits per heavy atom. The first-order valence-electron chi connectivity index (χ1n) is 12.1. The second-order valence-electron chi connectivity index (χ2n) is 9.81. The van der Waals surface area contributed by atoms with Crippen LogP contribution in [0.1, 0.15) is 41.6 Å². The third kappa shape index (κ3) is 4.67. The lowest BCUT2D eigenvalue weighted by Crippen LogP contribution is -2.60. The number of nitrogens with zero attached hydrogens (tertiary/aromatic N) is 3. The Labute approximate surface area is 210 Å². The summed E-state index contributed by atoms with van der Waals surface area (Å²) in [6, 6.07) is 13.3. The van der Waals surface area contributed by atoms with Gasteiger partial charge >= 0.3 is 0 Å². The first-order chi connectivity index (χ1) is 16.3. The molecule has 3 aliphatic heterocycles. The smallest absolute Gasteiger partial charge is 0.255 e. The summed E-state index contributed by atoms with van der Waals surface area (Å²) in [4.78, 5) is 19.8. The van der Waals surface area contributed by atoms with Gasteiger partial charge < -0.3 is 20.0 Å². The minimum atomic E-state index is -0.896. The number of fused-ring (bicyclic) bond motifs is 1. The summed E-state index contributed by atoms with van der Waals surface area (Å²) in [5.74, 6) is -0.0397. The molecule has 0 unspecified atom stereocenters. The van der Waals surface area contributed by atoms with Crippen molar-refractivity contribution in [2.45, 2.75) is 43.4 Å². The second kappa shape index (κ2) is 9.67. The quantitative estimate of drug-likeness (QED) is 0.667. The molecule has 0 spiro atoms. The summed E-state index contributed by atoms with van der Waals surface area (Å²) in [6.45, 7) is 3.96. The van der Waals surface area contributed by atoms with Crippen LogP contribution >= 0.6 is 23.2 Å². The van der Waals surface area contributed by atoms with Gasteiger partial charge in [0, 0.05) is 50.3 Å². The van der Waals surface area contributed by atoms with Crippen LogP contribution in [0.2, 0.25) is 10.0 Å². The van der Waals surface area contributed by atoms with Crippen molar-refractivity contribution in [3.8, 4) is 0 Å². The van der Waals surface area contributed by atoms with Gasteiger partial charge in [0.15, 0.2) is 0 Å². The molecular formula is C26H31Cl2N3O3. The van der Waals surface area contributed by atoms with Crippen LogP contribution in [-0.2, 0) is 5.60 Å². The van der Waals surface area contributed by atoms with Crippen molar-refractivity contribution in [1.29, 1.82) is 0 Å². The highest BCUT2D eigenvalue weighted by Gasteiger charge is 2.42. The normalized spacial score (nSPS) is 26.4. The van der Waals surface area contributed by atoms with Gasteiger partial charge in [-0.25, -0.2) is 0 Å². The Morgan fingerprint density at radius 2 is 1.71 bits per heavy atom.